The first-order valence-electron chi connectivity index (χ1n) is 25.7. The van der Waals surface area contributed by atoms with Crippen molar-refractivity contribution in [3.8, 4) is 6.01 Å². The normalized spacial score (nSPS) is 13.9. The average molecular weight is 933 g/mol. The van der Waals surface area contributed by atoms with Gasteiger partial charge in [-0.25, -0.2) is 10.7 Å². The first kappa shape index (κ1) is 54.8. The molecule has 8 N–H and O–H groups in total. The summed E-state index contributed by atoms with van der Waals surface area (Å²) in [5.74, 6) is 5.22. The van der Waals surface area contributed by atoms with Crippen LogP contribution in [-0.4, -0.2) is 87.6 Å². The summed E-state index contributed by atoms with van der Waals surface area (Å²) in [6, 6.07) is 7.92. The Morgan fingerprint density at radius 2 is 1.43 bits per heavy atom. The van der Waals surface area contributed by atoms with Crippen LogP contribution in [-0.2, 0) is 32.3 Å². The monoisotopic (exact) mass is 933 g/mol. The molecule has 2 aromatic heterocycles. The van der Waals surface area contributed by atoms with Crippen LogP contribution < -0.4 is 38.0 Å². The number of piperidine rings is 1. The van der Waals surface area contributed by atoms with Gasteiger partial charge in [-0.05, 0) is 101 Å². The summed E-state index contributed by atoms with van der Waals surface area (Å²) in [7, 11) is 0. The number of unbranched alkanes of at least 4 members (excludes halogenated alkanes) is 14. The number of hydrogen-bond donors (Lipinski definition) is 6. The zero-order valence-corrected chi connectivity index (χ0v) is 40.9. The van der Waals surface area contributed by atoms with E-state index in [2.05, 4.69) is 78.8 Å². The third-order valence-corrected chi connectivity index (χ3v) is 12.7. The molecule has 1 fully saturated rings. The van der Waals surface area contributed by atoms with Crippen molar-refractivity contribution in [3.63, 3.8) is 0 Å². The van der Waals surface area contributed by atoms with Crippen molar-refractivity contribution in [1.82, 2.24) is 40.4 Å². The Hall–Kier alpha value is -4.80. The smallest absolute Gasteiger partial charge is 0.328 e. The molecule has 1 atom stereocenters. The average Bonchev–Trinajstić information content (AvgIpc) is 3.63. The highest BCUT2D eigenvalue weighted by Gasteiger charge is 2.23. The summed E-state index contributed by atoms with van der Waals surface area (Å²) < 4.78 is 7.24. The van der Waals surface area contributed by atoms with E-state index in [1.165, 1.54) is 63.4 Å². The van der Waals surface area contributed by atoms with Crippen molar-refractivity contribution < 1.29 is 24.0 Å². The minimum absolute atomic E-state index is 0.0681. The van der Waals surface area contributed by atoms with Crippen LogP contribution in [0.5, 0.6) is 6.01 Å². The molecular weight excluding hydrogens is 849 g/mol. The second-order valence-corrected chi connectivity index (χ2v) is 18.4. The van der Waals surface area contributed by atoms with E-state index in [1.54, 1.807) is 4.57 Å². The number of carbonyl (C=O) groups excluding carboxylic acids is 3. The number of hydrogen-bond acceptors (Lipinski definition) is 11. The number of carbonyl (C=O) groups is 3. The van der Waals surface area contributed by atoms with Crippen molar-refractivity contribution in [2.24, 2.45) is 11.8 Å². The largest absolute Gasteiger partial charge is 0.463 e. The Morgan fingerprint density at radius 1 is 0.791 bits per heavy atom. The summed E-state index contributed by atoms with van der Waals surface area (Å²) in [5.41, 5.74) is 8.84. The quantitative estimate of drug-likeness (QED) is 0.0188. The third kappa shape index (κ3) is 21.8. The minimum atomic E-state index is -0.581. The number of imidazole rings is 1. The lowest BCUT2D eigenvalue weighted by Gasteiger charge is -2.32. The van der Waals surface area contributed by atoms with E-state index < -0.39 is 6.04 Å². The van der Waals surface area contributed by atoms with Gasteiger partial charge in [0.05, 0.1) is 13.2 Å². The number of aromatic amines is 1. The molecule has 0 unspecified atom stereocenters. The highest BCUT2D eigenvalue weighted by Crippen LogP contribution is 2.23. The first-order chi connectivity index (χ1) is 32.7. The van der Waals surface area contributed by atoms with Gasteiger partial charge in [0.15, 0.2) is 11.5 Å². The van der Waals surface area contributed by atoms with Gasteiger partial charge < -0.3 is 31.4 Å². The molecular formula is C51H84N10O6. The van der Waals surface area contributed by atoms with Gasteiger partial charge >= 0.3 is 11.7 Å². The third-order valence-electron chi connectivity index (χ3n) is 12.7. The summed E-state index contributed by atoms with van der Waals surface area (Å²) in [4.78, 5) is 69.4. The number of H-pyrrole nitrogens is 1. The lowest BCUT2D eigenvalue weighted by Crippen LogP contribution is -2.47. The van der Waals surface area contributed by atoms with Crippen LogP contribution in [0.25, 0.3) is 11.2 Å². The second-order valence-electron chi connectivity index (χ2n) is 18.4. The number of anilines is 1. The number of fused-ring (bicyclic) bond motifs is 1. The Labute approximate surface area is 399 Å². The highest BCUT2D eigenvalue weighted by molar-refractivity contribution is 5.87. The van der Waals surface area contributed by atoms with Crippen molar-refractivity contribution in [2.45, 2.75) is 181 Å². The Morgan fingerprint density at radius 3 is 2.12 bits per heavy atom. The molecule has 1 saturated heterocycles. The van der Waals surface area contributed by atoms with Crippen LogP contribution >= 0.6 is 0 Å². The van der Waals surface area contributed by atoms with E-state index in [1.807, 2.05) is 12.1 Å². The van der Waals surface area contributed by atoms with Gasteiger partial charge in [-0.15, -0.1) is 0 Å². The van der Waals surface area contributed by atoms with Gasteiger partial charge in [-0.2, -0.15) is 9.97 Å². The number of nitrogens with one attached hydrogen (secondary N) is 4. The van der Waals surface area contributed by atoms with Gasteiger partial charge in [0.25, 0.3) is 0 Å². The molecule has 0 saturated carbocycles. The predicted octanol–water partition coefficient (Wildman–Crippen LogP) is 7.74. The number of benzene rings is 1. The molecule has 3 heterocycles. The van der Waals surface area contributed by atoms with Gasteiger partial charge in [-0.1, -0.05) is 121 Å². The molecule has 67 heavy (non-hydrogen) atoms. The molecule has 16 heteroatoms. The van der Waals surface area contributed by atoms with E-state index in [0.717, 1.165) is 102 Å². The molecule has 0 radical (unpaired) electrons. The zero-order valence-electron chi connectivity index (χ0n) is 40.9. The molecule has 1 aromatic carbocycles. The van der Waals surface area contributed by atoms with E-state index in [0.29, 0.717) is 56.2 Å². The molecule has 374 valence electrons. The second kappa shape index (κ2) is 32.8. The van der Waals surface area contributed by atoms with Gasteiger partial charge in [0.2, 0.25) is 17.7 Å². The first-order valence-corrected chi connectivity index (χ1v) is 25.7. The summed E-state index contributed by atoms with van der Waals surface area (Å²) in [5, 5.41) is 8.95. The van der Waals surface area contributed by atoms with Crippen LogP contribution in [0.3, 0.4) is 0 Å². The Kier molecular flexibility index (Phi) is 26.8. The van der Waals surface area contributed by atoms with E-state index >= 15 is 0 Å². The molecule has 16 nitrogen and oxygen atoms in total. The SMILES string of the molecule is CCCCCCCC/C=C\CCCCCCCC(=O)N[C@@H](CCCCCNC(=O)CON)C(=O)NCCC1CCN(Cc2ccc(Cn3c(=O)[nH]c4c(N)nc(OCCCC)nc43)cc2)CC1. The van der Waals surface area contributed by atoms with Crippen molar-refractivity contribution in [1.29, 1.82) is 0 Å². The van der Waals surface area contributed by atoms with E-state index in [4.69, 9.17) is 16.4 Å². The number of ether oxygens (including phenoxy) is 1. The van der Waals surface area contributed by atoms with Gasteiger partial charge in [-0.3, -0.25) is 28.7 Å². The number of likely N-dealkylation sites (tertiary alicyclic amines) is 1. The Bertz CT molecular complexity index is 1940. The van der Waals surface area contributed by atoms with Gasteiger partial charge in [0.1, 0.15) is 18.2 Å². The van der Waals surface area contributed by atoms with Crippen molar-refractivity contribution in [2.75, 3.05) is 45.1 Å². The standard InChI is InChI=1S/C51H84N10O6/c1-3-5-7-8-9-10-11-12-13-14-15-16-17-18-21-24-44(62)56-43(23-20-19-22-32-54-45(63)39-67-53)49(64)55-33-29-40-30-34-60(35-31-40)37-41-25-27-42(28-26-41)38-61-48-46(57-51(61)65)47(52)58-50(59-48)66-36-6-4-2/h12-13,25-28,40,43H,3-11,14-24,29-39,53H2,1-2H3,(H,54,63)(H,55,64)(H,56,62)(H,57,65)(H2,52,58,59)/b13-12-/t43-/m0/s1. The number of aromatic nitrogens is 4. The fraction of sp³-hybridized carbons (Fsp3) is 0.686. The lowest BCUT2D eigenvalue weighted by molar-refractivity contribution is -0.129. The molecule has 0 aliphatic carbocycles. The fourth-order valence-corrected chi connectivity index (χ4v) is 8.59. The molecule has 3 aromatic rings. The number of nitrogen functional groups attached to an aromatic ring is 1. The molecule has 0 bridgehead atoms. The maximum Gasteiger partial charge on any atom is 0.328 e. The van der Waals surface area contributed by atoms with Gasteiger partial charge in [0, 0.05) is 26.1 Å². The highest BCUT2D eigenvalue weighted by atomic mass is 16.6. The number of nitrogens with zero attached hydrogens (tertiary/aromatic N) is 4. The maximum absolute atomic E-state index is 13.5. The van der Waals surface area contributed by atoms with Crippen LogP contribution in [0.15, 0.2) is 41.2 Å². The molecule has 1 aliphatic heterocycles. The van der Waals surface area contributed by atoms with Crippen LogP contribution in [0.2, 0.25) is 0 Å². The van der Waals surface area contributed by atoms with Crippen LogP contribution in [0, 0.1) is 5.92 Å². The number of rotatable bonds is 36. The number of allylic oxidation sites excluding steroid dienone is 2. The van der Waals surface area contributed by atoms with Crippen LogP contribution in [0.1, 0.15) is 173 Å². The molecule has 0 spiro atoms. The van der Waals surface area contributed by atoms with E-state index in [-0.39, 0.29) is 41.8 Å². The number of amides is 3. The van der Waals surface area contributed by atoms with Crippen LogP contribution in [0.4, 0.5) is 5.82 Å². The Balaban J connectivity index is 1.14. The molecule has 3 amide bonds. The van der Waals surface area contributed by atoms with Crippen molar-refractivity contribution in [3.05, 3.63) is 58.0 Å². The lowest BCUT2D eigenvalue weighted by atomic mass is 9.93. The number of nitrogens with two attached hydrogens (primary N) is 2. The summed E-state index contributed by atoms with van der Waals surface area (Å²) >= 11 is 0. The van der Waals surface area contributed by atoms with E-state index in [9.17, 15) is 19.2 Å². The summed E-state index contributed by atoms with van der Waals surface area (Å²) in [6.07, 6.45) is 28.5. The molecule has 4 rings (SSSR count). The zero-order chi connectivity index (χ0) is 47.9. The van der Waals surface area contributed by atoms with Crippen molar-refractivity contribution >= 4 is 34.7 Å². The summed E-state index contributed by atoms with van der Waals surface area (Å²) in [6.45, 7) is 8.85. The maximum atomic E-state index is 13.5. The topological polar surface area (TPSA) is 225 Å². The fourth-order valence-electron chi connectivity index (χ4n) is 8.59. The molecule has 1 aliphatic rings. The predicted molar refractivity (Wildman–Crippen MR) is 267 cm³/mol. The minimum Gasteiger partial charge on any atom is -0.463 e.